The fourth-order valence-electron chi connectivity index (χ4n) is 1.48. The highest BCUT2D eigenvalue weighted by molar-refractivity contribution is 5.89. The molecule has 80 valence electrons. The maximum atomic E-state index is 10.1. The molecule has 0 fully saturated rings. The Bertz CT molecular complexity index is 550. The maximum Gasteiger partial charge on any atom is 0.211 e. The summed E-state index contributed by atoms with van der Waals surface area (Å²) in [5.74, 6) is 0.193. The quantitative estimate of drug-likeness (QED) is 0.764. The zero-order chi connectivity index (χ0) is 11.4. The normalized spacial score (nSPS) is 10.8. The SMILES string of the molecule is O=CNC=Cc1nccc2ccc(O)cc12. The van der Waals surface area contributed by atoms with Gasteiger partial charge in [0.2, 0.25) is 6.41 Å². The summed E-state index contributed by atoms with van der Waals surface area (Å²) >= 11 is 0. The van der Waals surface area contributed by atoms with E-state index in [4.69, 9.17) is 0 Å². The van der Waals surface area contributed by atoms with Gasteiger partial charge in [-0.3, -0.25) is 9.78 Å². The van der Waals surface area contributed by atoms with Gasteiger partial charge >= 0.3 is 0 Å². The number of phenols is 1. The Morgan fingerprint density at radius 2 is 2.19 bits per heavy atom. The molecule has 0 saturated carbocycles. The molecule has 0 aliphatic rings. The van der Waals surface area contributed by atoms with E-state index in [-0.39, 0.29) is 5.75 Å². The molecule has 4 nitrogen and oxygen atoms in total. The van der Waals surface area contributed by atoms with E-state index in [0.717, 1.165) is 10.8 Å². The number of fused-ring (bicyclic) bond motifs is 1. The van der Waals surface area contributed by atoms with Gasteiger partial charge in [0, 0.05) is 17.8 Å². The summed E-state index contributed by atoms with van der Waals surface area (Å²) in [5.41, 5.74) is 0.697. The number of nitrogens with zero attached hydrogens (tertiary/aromatic N) is 1. The topological polar surface area (TPSA) is 62.2 Å². The predicted molar refractivity (Wildman–Crippen MR) is 61.6 cm³/mol. The van der Waals surface area contributed by atoms with Crippen molar-refractivity contribution in [1.29, 1.82) is 0 Å². The molecule has 0 atom stereocenters. The summed E-state index contributed by atoms with van der Waals surface area (Å²) in [6.07, 6.45) is 5.44. The first-order chi connectivity index (χ1) is 7.81. The van der Waals surface area contributed by atoms with Crippen LogP contribution in [-0.2, 0) is 4.79 Å². The molecular formula is C12H10N2O2. The summed E-state index contributed by atoms with van der Waals surface area (Å²) in [4.78, 5) is 14.3. The Morgan fingerprint density at radius 1 is 1.31 bits per heavy atom. The largest absolute Gasteiger partial charge is 0.508 e. The Morgan fingerprint density at radius 3 is 3.00 bits per heavy atom. The second-order valence-corrected chi connectivity index (χ2v) is 3.22. The van der Waals surface area contributed by atoms with E-state index in [0.29, 0.717) is 12.1 Å². The second kappa shape index (κ2) is 4.44. The van der Waals surface area contributed by atoms with Gasteiger partial charge in [0.05, 0.1) is 5.69 Å². The van der Waals surface area contributed by atoms with Crippen LogP contribution in [0.15, 0.2) is 36.7 Å². The van der Waals surface area contributed by atoms with Crippen molar-refractivity contribution in [3.05, 3.63) is 42.4 Å². The molecule has 16 heavy (non-hydrogen) atoms. The number of amides is 1. The third-order valence-electron chi connectivity index (χ3n) is 2.19. The molecular weight excluding hydrogens is 204 g/mol. The van der Waals surface area contributed by atoms with Gasteiger partial charge in [0.15, 0.2) is 0 Å². The van der Waals surface area contributed by atoms with Crippen LogP contribution in [0.2, 0.25) is 0 Å². The second-order valence-electron chi connectivity index (χ2n) is 3.22. The number of aromatic nitrogens is 1. The van der Waals surface area contributed by atoms with E-state index >= 15 is 0 Å². The van der Waals surface area contributed by atoms with Crippen molar-refractivity contribution < 1.29 is 9.90 Å². The van der Waals surface area contributed by atoms with Gasteiger partial charge in [-0.15, -0.1) is 0 Å². The van der Waals surface area contributed by atoms with Crippen molar-refractivity contribution in [3.63, 3.8) is 0 Å². The van der Waals surface area contributed by atoms with Crippen LogP contribution in [0.5, 0.6) is 5.75 Å². The highest BCUT2D eigenvalue weighted by atomic mass is 16.3. The Labute approximate surface area is 92.2 Å². The number of hydrogen-bond donors (Lipinski definition) is 2. The summed E-state index contributed by atoms with van der Waals surface area (Å²) in [6.45, 7) is 0. The van der Waals surface area contributed by atoms with E-state index in [1.165, 1.54) is 6.20 Å². The zero-order valence-electron chi connectivity index (χ0n) is 8.42. The van der Waals surface area contributed by atoms with Crippen LogP contribution in [0.3, 0.4) is 0 Å². The first-order valence-electron chi connectivity index (χ1n) is 4.75. The zero-order valence-corrected chi connectivity index (χ0v) is 8.42. The van der Waals surface area contributed by atoms with Crippen molar-refractivity contribution >= 4 is 23.3 Å². The number of pyridine rings is 1. The van der Waals surface area contributed by atoms with Crippen LogP contribution in [0, 0.1) is 0 Å². The van der Waals surface area contributed by atoms with Crippen molar-refractivity contribution in [3.8, 4) is 5.75 Å². The van der Waals surface area contributed by atoms with Crippen LogP contribution < -0.4 is 5.32 Å². The highest BCUT2D eigenvalue weighted by Crippen LogP contribution is 2.22. The lowest BCUT2D eigenvalue weighted by molar-refractivity contribution is -0.108. The lowest BCUT2D eigenvalue weighted by atomic mass is 10.1. The molecule has 0 unspecified atom stereocenters. The van der Waals surface area contributed by atoms with Crippen molar-refractivity contribution in [1.82, 2.24) is 10.3 Å². The number of aromatic hydroxyl groups is 1. The molecule has 1 aromatic heterocycles. The fraction of sp³-hybridized carbons (Fsp3) is 0. The summed E-state index contributed by atoms with van der Waals surface area (Å²) in [5, 5.41) is 13.6. The number of phenolic OH excluding ortho intramolecular Hbond substituents is 1. The number of carbonyl (C=O) groups is 1. The molecule has 2 N–H and O–H groups in total. The van der Waals surface area contributed by atoms with Crippen molar-refractivity contribution in [2.45, 2.75) is 0 Å². The van der Waals surface area contributed by atoms with Gasteiger partial charge < -0.3 is 10.4 Å². The first kappa shape index (κ1) is 10.2. The Kier molecular flexibility index (Phi) is 2.82. The Hall–Kier alpha value is -2.36. The van der Waals surface area contributed by atoms with Gasteiger partial charge in [-0.25, -0.2) is 0 Å². The summed E-state index contributed by atoms with van der Waals surface area (Å²) in [7, 11) is 0. The van der Waals surface area contributed by atoms with Crippen LogP contribution in [-0.4, -0.2) is 16.5 Å². The highest BCUT2D eigenvalue weighted by Gasteiger charge is 2.00. The minimum Gasteiger partial charge on any atom is -0.508 e. The predicted octanol–water partition coefficient (Wildman–Crippen LogP) is 1.66. The number of benzene rings is 1. The maximum absolute atomic E-state index is 10.1. The minimum absolute atomic E-state index is 0.193. The van der Waals surface area contributed by atoms with E-state index in [1.54, 1.807) is 24.4 Å². The monoisotopic (exact) mass is 214 g/mol. The molecule has 2 rings (SSSR count). The average molecular weight is 214 g/mol. The van der Waals surface area contributed by atoms with Crippen LogP contribution >= 0.6 is 0 Å². The number of carbonyl (C=O) groups excluding carboxylic acids is 1. The van der Waals surface area contributed by atoms with Gasteiger partial charge in [-0.05, 0) is 29.7 Å². The third-order valence-corrected chi connectivity index (χ3v) is 2.19. The smallest absolute Gasteiger partial charge is 0.211 e. The van der Waals surface area contributed by atoms with Crippen LogP contribution in [0.1, 0.15) is 5.69 Å². The van der Waals surface area contributed by atoms with E-state index in [9.17, 15) is 9.90 Å². The molecule has 0 aliphatic heterocycles. The molecule has 0 radical (unpaired) electrons. The molecule has 2 aromatic rings. The fourth-order valence-corrected chi connectivity index (χ4v) is 1.48. The van der Waals surface area contributed by atoms with E-state index < -0.39 is 0 Å². The van der Waals surface area contributed by atoms with E-state index in [1.807, 2.05) is 12.1 Å². The van der Waals surface area contributed by atoms with Gasteiger partial charge in [-0.2, -0.15) is 0 Å². The molecule has 1 heterocycles. The van der Waals surface area contributed by atoms with E-state index in [2.05, 4.69) is 10.3 Å². The summed E-state index contributed by atoms with van der Waals surface area (Å²) in [6, 6.07) is 6.94. The Balaban J connectivity index is 2.51. The number of nitrogens with one attached hydrogen (secondary N) is 1. The molecule has 0 spiro atoms. The summed E-state index contributed by atoms with van der Waals surface area (Å²) < 4.78 is 0. The molecule has 1 aromatic carbocycles. The van der Waals surface area contributed by atoms with Crippen LogP contribution in [0.25, 0.3) is 16.8 Å². The van der Waals surface area contributed by atoms with Crippen LogP contribution in [0.4, 0.5) is 0 Å². The molecule has 1 amide bonds. The lowest BCUT2D eigenvalue weighted by Gasteiger charge is -2.01. The number of hydrogen-bond acceptors (Lipinski definition) is 3. The lowest BCUT2D eigenvalue weighted by Crippen LogP contribution is -1.98. The molecule has 0 saturated heterocycles. The molecule has 4 heteroatoms. The first-order valence-corrected chi connectivity index (χ1v) is 4.75. The van der Waals surface area contributed by atoms with Gasteiger partial charge in [-0.1, -0.05) is 6.07 Å². The third kappa shape index (κ3) is 2.00. The average Bonchev–Trinajstić information content (AvgIpc) is 2.30. The van der Waals surface area contributed by atoms with Crippen molar-refractivity contribution in [2.75, 3.05) is 0 Å². The molecule has 0 aliphatic carbocycles. The minimum atomic E-state index is 0.193. The van der Waals surface area contributed by atoms with Gasteiger partial charge in [0.25, 0.3) is 0 Å². The van der Waals surface area contributed by atoms with Crippen molar-refractivity contribution in [2.24, 2.45) is 0 Å². The standard InChI is InChI=1S/C12H10N2O2/c15-8-13-5-4-12-11-7-10(16)2-1-9(11)3-6-14-12/h1-8,16H,(H,13,15). The molecule has 0 bridgehead atoms. The van der Waals surface area contributed by atoms with Gasteiger partial charge in [0.1, 0.15) is 5.75 Å². The number of rotatable bonds is 3.